The van der Waals surface area contributed by atoms with Crippen molar-refractivity contribution in [2.45, 2.75) is 63.1 Å². The average molecular weight is 629 g/mol. The lowest BCUT2D eigenvalue weighted by Gasteiger charge is -2.10. The minimum Gasteiger partial charge on any atom is -0.462 e. The lowest BCUT2D eigenvalue weighted by Crippen LogP contribution is -2.24. The third-order valence-corrected chi connectivity index (χ3v) is 9.82. The van der Waals surface area contributed by atoms with Crippen molar-refractivity contribution >= 4 is 61.0 Å². The summed E-state index contributed by atoms with van der Waals surface area (Å²) in [6.07, 6.45) is 3.53. The van der Waals surface area contributed by atoms with E-state index in [1.54, 1.807) is 25.1 Å². The molecule has 0 saturated carbocycles. The number of benzene rings is 2. The van der Waals surface area contributed by atoms with Crippen LogP contribution in [0.1, 0.15) is 56.8 Å². The van der Waals surface area contributed by atoms with E-state index in [2.05, 4.69) is 17.0 Å². The normalized spacial score (nSPS) is 11.6. The van der Waals surface area contributed by atoms with E-state index < -0.39 is 16.0 Å². The van der Waals surface area contributed by atoms with Gasteiger partial charge in [0.15, 0.2) is 5.16 Å². The highest BCUT2D eigenvalue weighted by Gasteiger charge is 2.23. The summed E-state index contributed by atoms with van der Waals surface area (Å²) < 4.78 is 35.5. The fourth-order valence-electron chi connectivity index (χ4n) is 4.34. The third-order valence-electron chi connectivity index (χ3n) is 6.49. The zero-order valence-electron chi connectivity index (χ0n) is 24.0. The molecule has 2 N–H and O–H groups in total. The SMILES string of the molecule is CCCCNS(=O)(=O)c1ccc2c(c1)nc(SCC(=O)Nc1scc(-c3ccccc3)c1C(=O)OCC)n2CCCC. The zero-order chi connectivity index (χ0) is 30.1. The van der Waals surface area contributed by atoms with Crippen molar-refractivity contribution in [3.63, 3.8) is 0 Å². The molecular formula is C30H36N4O5S3. The quantitative estimate of drug-likeness (QED) is 0.0870. The van der Waals surface area contributed by atoms with Gasteiger partial charge in [-0.1, -0.05) is 68.8 Å². The summed E-state index contributed by atoms with van der Waals surface area (Å²) in [7, 11) is -3.65. The number of esters is 1. The number of carbonyl (C=O) groups excluding carboxylic acids is 2. The van der Waals surface area contributed by atoms with Crippen molar-refractivity contribution in [1.82, 2.24) is 14.3 Å². The highest BCUT2D eigenvalue weighted by atomic mass is 32.2. The third kappa shape index (κ3) is 7.60. The molecule has 0 bridgehead atoms. The minimum absolute atomic E-state index is 0.0556. The largest absolute Gasteiger partial charge is 0.462 e. The summed E-state index contributed by atoms with van der Waals surface area (Å²) in [4.78, 5) is 30.9. The van der Waals surface area contributed by atoms with Crippen LogP contribution in [0.25, 0.3) is 22.2 Å². The first-order valence-electron chi connectivity index (χ1n) is 14.1. The van der Waals surface area contributed by atoms with Gasteiger partial charge >= 0.3 is 5.97 Å². The average Bonchev–Trinajstić information content (AvgIpc) is 3.56. The Hall–Kier alpha value is -3.19. The smallest absolute Gasteiger partial charge is 0.341 e. The monoisotopic (exact) mass is 628 g/mol. The number of nitrogens with one attached hydrogen (secondary N) is 2. The number of carbonyl (C=O) groups is 2. The number of hydrogen-bond acceptors (Lipinski definition) is 8. The van der Waals surface area contributed by atoms with Gasteiger partial charge in [-0.3, -0.25) is 4.79 Å². The Morgan fingerprint density at radius 1 is 1.05 bits per heavy atom. The number of aromatic nitrogens is 2. The van der Waals surface area contributed by atoms with Gasteiger partial charge in [-0.2, -0.15) is 0 Å². The maximum Gasteiger partial charge on any atom is 0.341 e. The molecule has 0 atom stereocenters. The summed E-state index contributed by atoms with van der Waals surface area (Å²) in [6, 6.07) is 14.5. The highest BCUT2D eigenvalue weighted by Crippen LogP contribution is 2.36. The number of sulfonamides is 1. The molecule has 4 rings (SSSR count). The van der Waals surface area contributed by atoms with Crippen LogP contribution < -0.4 is 10.0 Å². The van der Waals surface area contributed by atoms with E-state index in [-0.39, 0.29) is 23.2 Å². The van der Waals surface area contributed by atoms with Crippen molar-refractivity contribution in [2.24, 2.45) is 0 Å². The standard InChI is InChI=1S/C30H36N4O5S3/c1-4-7-16-31-42(37,38)22-14-15-25-24(18-22)32-30(34(25)17-8-5-2)41-20-26(35)33-28-27(29(36)39-6-3)23(19-40-28)21-12-10-9-11-13-21/h9-15,18-19,31H,4-8,16-17,20H2,1-3H3,(H,33,35). The van der Waals surface area contributed by atoms with Crippen LogP contribution in [-0.4, -0.2) is 48.7 Å². The van der Waals surface area contributed by atoms with Crippen molar-refractivity contribution in [3.8, 4) is 11.1 Å². The van der Waals surface area contributed by atoms with Gasteiger partial charge in [-0.25, -0.2) is 22.9 Å². The second-order valence-electron chi connectivity index (χ2n) is 9.58. The molecule has 0 aliphatic carbocycles. The number of unbranched alkanes of at least 4 members (excludes halogenated alkanes) is 2. The maximum atomic E-state index is 13.1. The molecule has 12 heteroatoms. The molecule has 0 aliphatic rings. The van der Waals surface area contributed by atoms with Crippen molar-refractivity contribution in [2.75, 3.05) is 24.2 Å². The van der Waals surface area contributed by atoms with Gasteiger partial charge in [0.2, 0.25) is 15.9 Å². The summed E-state index contributed by atoms with van der Waals surface area (Å²) in [5, 5.41) is 5.80. The number of fused-ring (bicyclic) bond motifs is 1. The van der Waals surface area contributed by atoms with E-state index in [0.29, 0.717) is 39.9 Å². The number of anilines is 1. The first kappa shape index (κ1) is 31.7. The number of nitrogens with zero attached hydrogens (tertiary/aromatic N) is 2. The van der Waals surface area contributed by atoms with Crippen molar-refractivity contribution in [3.05, 3.63) is 59.5 Å². The van der Waals surface area contributed by atoms with E-state index >= 15 is 0 Å². The molecule has 224 valence electrons. The number of hydrogen-bond donors (Lipinski definition) is 2. The molecule has 0 spiro atoms. The number of rotatable bonds is 15. The van der Waals surface area contributed by atoms with Gasteiger partial charge in [0.25, 0.3) is 0 Å². The van der Waals surface area contributed by atoms with Gasteiger partial charge in [0.1, 0.15) is 10.6 Å². The molecule has 0 saturated heterocycles. The fourth-order valence-corrected chi connectivity index (χ4v) is 7.25. The Kier molecular flexibility index (Phi) is 11.2. The molecule has 42 heavy (non-hydrogen) atoms. The van der Waals surface area contributed by atoms with Gasteiger partial charge in [-0.15, -0.1) is 11.3 Å². The minimum atomic E-state index is -3.65. The predicted molar refractivity (Wildman–Crippen MR) is 170 cm³/mol. The second kappa shape index (κ2) is 14.8. The highest BCUT2D eigenvalue weighted by molar-refractivity contribution is 7.99. The van der Waals surface area contributed by atoms with E-state index in [1.165, 1.54) is 23.1 Å². The van der Waals surface area contributed by atoms with Gasteiger partial charge in [0.05, 0.1) is 28.3 Å². The Morgan fingerprint density at radius 2 is 1.81 bits per heavy atom. The summed E-state index contributed by atoms with van der Waals surface area (Å²) in [5.74, 6) is -0.721. The first-order valence-corrected chi connectivity index (χ1v) is 17.4. The number of imidazole rings is 1. The number of thiophene rings is 1. The van der Waals surface area contributed by atoms with Crippen LogP contribution >= 0.6 is 23.1 Å². The lowest BCUT2D eigenvalue weighted by molar-refractivity contribution is -0.113. The Bertz CT molecular complexity index is 1630. The molecule has 9 nitrogen and oxygen atoms in total. The van der Waals surface area contributed by atoms with Crippen LogP contribution in [0, 0.1) is 0 Å². The van der Waals surface area contributed by atoms with Crippen molar-refractivity contribution < 1.29 is 22.7 Å². The Balaban J connectivity index is 1.55. The van der Waals surface area contributed by atoms with Gasteiger partial charge in [0, 0.05) is 24.0 Å². The van der Waals surface area contributed by atoms with E-state index in [9.17, 15) is 18.0 Å². The number of amides is 1. The fraction of sp³-hybridized carbons (Fsp3) is 0.367. The van der Waals surface area contributed by atoms with E-state index in [1.807, 2.05) is 47.2 Å². The number of ether oxygens (including phenoxy) is 1. The van der Waals surface area contributed by atoms with E-state index in [4.69, 9.17) is 9.72 Å². The molecule has 0 radical (unpaired) electrons. The summed E-state index contributed by atoms with van der Waals surface area (Å²) in [5.41, 5.74) is 3.27. The summed E-state index contributed by atoms with van der Waals surface area (Å²) in [6.45, 7) is 7.14. The molecule has 2 aromatic heterocycles. The molecule has 0 aliphatic heterocycles. The zero-order valence-corrected chi connectivity index (χ0v) is 26.5. The molecule has 1 amide bonds. The Morgan fingerprint density at radius 3 is 2.52 bits per heavy atom. The lowest BCUT2D eigenvalue weighted by atomic mass is 10.0. The molecular weight excluding hydrogens is 593 g/mol. The molecule has 2 heterocycles. The van der Waals surface area contributed by atoms with E-state index in [0.717, 1.165) is 36.8 Å². The van der Waals surface area contributed by atoms with Crippen LogP contribution in [-0.2, 0) is 26.1 Å². The Labute approximate surface area is 255 Å². The van der Waals surface area contributed by atoms with Crippen LogP contribution in [0.15, 0.2) is 64.0 Å². The van der Waals surface area contributed by atoms with Crippen LogP contribution in [0.2, 0.25) is 0 Å². The molecule has 4 aromatic rings. The van der Waals surface area contributed by atoms with Gasteiger partial charge in [-0.05, 0) is 43.5 Å². The topological polar surface area (TPSA) is 119 Å². The number of thioether (sulfide) groups is 1. The predicted octanol–water partition coefficient (Wildman–Crippen LogP) is 6.55. The van der Waals surface area contributed by atoms with Crippen LogP contribution in [0.3, 0.4) is 0 Å². The van der Waals surface area contributed by atoms with Crippen LogP contribution in [0.5, 0.6) is 0 Å². The number of aryl methyl sites for hydroxylation is 1. The van der Waals surface area contributed by atoms with Gasteiger partial charge < -0.3 is 14.6 Å². The van der Waals surface area contributed by atoms with Crippen LogP contribution in [0.4, 0.5) is 5.00 Å². The second-order valence-corrected chi connectivity index (χ2v) is 13.2. The molecule has 0 fully saturated rings. The summed E-state index contributed by atoms with van der Waals surface area (Å²) >= 11 is 2.55. The van der Waals surface area contributed by atoms with Crippen molar-refractivity contribution in [1.29, 1.82) is 0 Å². The first-order chi connectivity index (χ1) is 20.3. The maximum absolute atomic E-state index is 13.1. The molecule has 0 unspecified atom stereocenters. The molecule has 2 aromatic carbocycles.